The first-order valence-electron chi connectivity index (χ1n) is 6.93. The third-order valence-corrected chi connectivity index (χ3v) is 4.08. The number of hydrogen-bond acceptors (Lipinski definition) is 2. The molecule has 3 rings (SSSR count). The summed E-state index contributed by atoms with van der Waals surface area (Å²) in [4.78, 5) is 0. The Morgan fingerprint density at radius 1 is 1.16 bits per heavy atom. The minimum atomic E-state index is 0.132. The van der Waals surface area contributed by atoms with Crippen LogP contribution >= 0.6 is 0 Å². The van der Waals surface area contributed by atoms with Crippen molar-refractivity contribution >= 4 is 10.8 Å². The van der Waals surface area contributed by atoms with Crippen LogP contribution in [-0.2, 0) is 10.2 Å². The Bertz CT molecular complexity index is 599. The molecule has 2 aromatic rings. The van der Waals surface area contributed by atoms with Crippen LogP contribution in [0.4, 0.5) is 0 Å². The summed E-state index contributed by atoms with van der Waals surface area (Å²) >= 11 is 0. The Morgan fingerprint density at radius 2 is 1.84 bits per heavy atom. The average molecular weight is 255 g/mol. The van der Waals surface area contributed by atoms with Crippen LogP contribution in [-0.4, -0.2) is 19.3 Å². The number of ether oxygens (including phenoxy) is 1. The van der Waals surface area contributed by atoms with Crippen molar-refractivity contribution in [3.8, 4) is 0 Å². The number of hydrogen-bond donors (Lipinski definition) is 1. The first-order chi connectivity index (χ1) is 9.09. The minimum Gasteiger partial charge on any atom is -0.379 e. The fourth-order valence-electron chi connectivity index (χ4n) is 3.06. The molecule has 2 aromatic carbocycles. The van der Waals surface area contributed by atoms with Crippen molar-refractivity contribution in [1.82, 2.24) is 0 Å². The van der Waals surface area contributed by atoms with Crippen molar-refractivity contribution in [2.75, 3.05) is 13.2 Å². The van der Waals surface area contributed by atoms with E-state index in [1.807, 2.05) is 0 Å². The predicted octanol–water partition coefficient (Wildman–Crippen LogP) is 3.15. The summed E-state index contributed by atoms with van der Waals surface area (Å²) < 4.78 is 5.47. The van der Waals surface area contributed by atoms with Gasteiger partial charge in [0.2, 0.25) is 0 Å². The standard InChI is InChI=1S/C17H21NO/c1-12-3-4-15-8-16(6-5-14(15)7-12)17(9-13(2)18)10-19-11-17/h3-8,13H,9-11,18H2,1-2H3. The molecule has 0 aliphatic carbocycles. The van der Waals surface area contributed by atoms with Crippen LogP contribution in [0.3, 0.4) is 0 Å². The molecule has 0 spiro atoms. The Labute approximate surface area is 114 Å². The van der Waals surface area contributed by atoms with E-state index in [0.717, 1.165) is 19.6 Å². The van der Waals surface area contributed by atoms with Crippen LogP contribution in [0.2, 0.25) is 0 Å². The van der Waals surface area contributed by atoms with Crippen molar-refractivity contribution in [1.29, 1.82) is 0 Å². The van der Waals surface area contributed by atoms with Gasteiger partial charge < -0.3 is 10.5 Å². The molecule has 1 atom stereocenters. The molecule has 1 unspecified atom stereocenters. The quantitative estimate of drug-likeness (QED) is 0.914. The van der Waals surface area contributed by atoms with Gasteiger partial charge in [-0.2, -0.15) is 0 Å². The zero-order valence-corrected chi connectivity index (χ0v) is 11.6. The van der Waals surface area contributed by atoms with Gasteiger partial charge in [0.05, 0.1) is 13.2 Å². The van der Waals surface area contributed by atoms with Gasteiger partial charge in [-0.05, 0) is 36.6 Å². The highest BCUT2D eigenvalue weighted by atomic mass is 16.5. The molecule has 0 radical (unpaired) electrons. The van der Waals surface area contributed by atoms with E-state index in [9.17, 15) is 0 Å². The van der Waals surface area contributed by atoms with E-state index in [1.54, 1.807) is 0 Å². The summed E-state index contributed by atoms with van der Waals surface area (Å²) in [5, 5.41) is 2.61. The van der Waals surface area contributed by atoms with Crippen molar-refractivity contribution in [3.63, 3.8) is 0 Å². The summed E-state index contributed by atoms with van der Waals surface area (Å²) in [6, 6.07) is 13.6. The number of aryl methyl sites for hydroxylation is 1. The Hall–Kier alpha value is -1.38. The summed E-state index contributed by atoms with van der Waals surface area (Å²) in [6.45, 7) is 5.80. The maximum Gasteiger partial charge on any atom is 0.0586 e. The maximum absolute atomic E-state index is 6.00. The van der Waals surface area contributed by atoms with E-state index in [1.165, 1.54) is 21.9 Å². The lowest BCUT2D eigenvalue weighted by Crippen LogP contribution is -2.49. The second-order valence-electron chi connectivity index (χ2n) is 6.02. The van der Waals surface area contributed by atoms with E-state index in [0.29, 0.717) is 0 Å². The number of benzene rings is 2. The van der Waals surface area contributed by atoms with Gasteiger partial charge in [-0.15, -0.1) is 0 Å². The normalized spacial score (nSPS) is 19.1. The molecule has 1 heterocycles. The number of nitrogens with two attached hydrogens (primary N) is 1. The highest BCUT2D eigenvalue weighted by molar-refractivity contribution is 5.84. The monoisotopic (exact) mass is 255 g/mol. The Kier molecular flexibility index (Phi) is 3.08. The third-order valence-electron chi connectivity index (χ3n) is 4.08. The molecular weight excluding hydrogens is 234 g/mol. The fourth-order valence-corrected chi connectivity index (χ4v) is 3.06. The average Bonchev–Trinajstić information content (AvgIpc) is 2.33. The zero-order valence-electron chi connectivity index (χ0n) is 11.6. The molecular formula is C17H21NO. The topological polar surface area (TPSA) is 35.2 Å². The predicted molar refractivity (Wildman–Crippen MR) is 79.4 cm³/mol. The van der Waals surface area contributed by atoms with Crippen LogP contribution in [0.25, 0.3) is 10.8 Å². The summed E-state index contributed by atoms with van der Waals surface area (Å²) in [7, 11) is 0. The molecule has 0 bridgehead atoms. The van der Waals surface area contributed by atoms with Gasteiger partial charge in [0, 0.05) is 11.5 Å². The van der Waals surface area contributed by atoms with Gasteiger partial charge in [0.15, 0.2) is 0 Å². The molecule has 2 N–H and O–H groups in total. The molecule has 1 aliphatic heterocycles. The van der Waals surface area contributed by atoms with Crippen molar-refractivity contribution in [3.05, 3.63) is 47.5 Å². The van der Waals surface area contributed by atoms with Crippen LogP contribution in [0.1, 0.15) is 24.5 Å². The van der Waals surface area contributed by atoms with Gasteiger partial charge in [0.25, 0.3) is 0 Å². The first-order valence-corrected chi connectivity index (χ1v) is 6.93. The van der Waals surface area contributed by atoms with Crippen LogP contribution in [0, 0.1) is 6.92 Å². The van der Waals surface area contributed by atoms with Gasteiger partial charge in [-0.25, -0.2) is 0 Å². The van der Waals surface area contributed by atoms with Gasteiger partial charge in [-0.3, -0.25) is 0 Å². The molecule has 0 saturated carbocycles. The Morgan fingerprint density at radius 3 is 2.47 bits per heavy atom. The third kappa shape index (κ3) is 2.26. The molecule has 1 fully saturated rings. The van der Waals surface area contributed by atoms with E-state index in [4.69, 9.17) is 10.5 Å². The summed E-state index contributed by atoms with van der Waals surface area (Å²) in [5.74, 6) is 0. The maximum atomic E-state index is 6.00. The number of fused-ring (bicyclic) bond motifs is 1. The lowest BCUT2D eigenvalue weighted by atomic mass is 9.73. The lowest BCUT2D eigenvalue weighted by Gasteiger charge is -2.43. The second-order valence-corrected chi connectivity index (χ2v) is 6.02. The smallest absolute Gasteiger partial charge is 0.0586 e. The van der Waals surface area contributed by atoms with E-state index >= 15 is 0 Å². The van der Waals surface area contributed by atoms with Crippen LogP contribution in [0.15, 0.2) is 36.4 Å². The molecule has 0 amide bonds. The molecule has 1 saturated heterocycles. The fraction of sp³-hybridized carbons (Fsp3) is 0.412. The second kappa shape index (κ2) is 4.62. The summed E-state index contributed by atoms with van der Waals surface area (Å²) in [6.07, 6.45) is 0.990. The number of rotatable bonds is 3. The molecule has 100 valence electrons. The molecule has 1 aliphatic rings. The molecule has 2 heteroatoms. The van der Waals surface area contributed by atoms with Crippen molar-refractivity contribution in [2.24, 2.45) is 5.73 Å². The van der Waals surface area contributed by atoms with Gasteiger partial charge in [-0.1, -0.05) is 42.0 Å². The van der Waals surface area contributed by atoms with E-state index < -0.39 is 0 Å². The first kappa shape index (κ1) is 12.6. The molecule has 0 aromatic heterocycles. The lowest BCUT2D eigenvalue weighted by molar-refractivity contribution is -0.0664. The van der Waals surface area contributed by atoms with Crippen molar-refractivity contribution < 1.29 is 4.74 Å². The van der Waals surface area contributed by atoms with Crippen LogP contribution in [0.5, 0.6) is 0 Å². The summed E-state index contributed by atoms with van der Waals surface area (Å²) in [5.41, 5.74) is 8.81. The van der Waals surface area contributed by atoms with E-state index in [2.05, 4.69) is 50.2 Å². The highest BCUT2D eigenvalue weighted by Gasteiger charge is 2.40. The van der Waals surface area contributed by atoms with Gasteiger partial charge >= 0.3 is 0 Å². The van der Waals surface area contributed by atoms with E-state index in [-0.39, 0.29) is 11.5 Å². The SMILES string of the molecule is Cc1ccc2cc(C3(CC(C)N)COC3)ccc2c1. The highest BCUT2D eigenvalue weighted by Crippen LogP contribution is 2.37. The van der Waals surface area contributed by atoms with Crippen molar-refractivity contribution in [2.45, 2.75) is 31.7 Å². The Balaban J connectivity index is 2.02. The van der Waals surface area contributed by atoms with Gasteiger partial charge in [0.1, 0.15) is 0 Å². The largest absolute Gasteiger partial charge is 0.379 e. The minimum absolute atomic E-state index is 0.132. The molecule has 19 heavy (non-hydrogen) atoms. The molecule has 2 nitrogen and oxygen atoms in total. The van der Waals surface area contributed by atoms with Crippen LogP contribution < -0.4 is 5.73 Å². The zero-order chi connectivity index (χ0) is 13.5.